The lowest BCUT2D eigenvalue weighted by Crippen LogP contribution is -2.23. The van der Waals surface area contributed by atoms with E-state index >= 15 is 0 Å². The van der Waals surface area contributed by atoms with Gasteiger partial charge in [0.1, 0.15) is 5.75 Å². The number of hydrazone groups is 1. The van der Waals surface area contributed by atoms with Crippen LogP contribution in [0.25, 0.3) is 0 Å². The minimum Gasteiger partial charge on any atom is -0.497 e. The first-order valence-corrected chi connectivity index (χ1v) is 4.36. The highest BCUT2D eigenvalue weighted by Crippen LogP contribution is 2.09. The van der Waals surface area contributed by atoms with Gasteiger partial charge in [0.15, 0.2) is 5.11 Å². The summed E-state index contributed by atoms with van der Waals surface area (Å²) in [7, 11) is 1.62. The molecule has 0 unspecified atom stereocenters. The topological polar surface area (TPSA) is 59.6 Å². The van der Waals surface area contributed by atoms with Gasteiger partial charge < -0.3 is 10.5 Å². The third-order valence-corrected chi connectivity index (χ3v) is 1.60. The third kappa shape index (κ3) is 3.40. The third-order valence-electron chi connectivity index (χ3n) is 1.50. The molecule has 0 atom stereocenters. The molecule has 0 saturated heterocycles. The number of hydrogen-bond donors (Lipinski definition) is 2. The molecule has 0 aromatic heterocycles. The molecule has 0 aliphatic heterocycles. The molecule has 1 aromatic rings. The highest BCUT2D eigenvalue weighted by atomic mass is 32.1. The van der Waals surface area contributed by atoms with Crippen molar-refractivity contribution in [2.75, 3.05) is 7.11 Å². The van der Waals surface area contributed by atoms with Crippen LogP contribution in [0.15, 0.2) is 29.4 Å². The summed E-state index contributed by atoms with van der Waals surface area (Å²) in [5.41, 5.74) is 8.60. The maximum atomic E-state index is 5.19. The Hall–Kier alpha value is -1.62. The van der Waals surface area contributed by atoms with Crippen LogP contribution < -0.4 is 15.9 Å². The first-order chi connectivity index (χ1) is 6.72. The molecule has 3 N–H and O–H groups in total. The predicted molar refractivity (Wildman–Crippen MR) is 60.5 cm³/mol. The van der Waals surface area contributed by atoms with E-state index in [1.165, 1.54) is 0 Å². The Balaban J connectivity index is 2.59. The second kappa shape index (κ2) is 5.18. The quantitative estimate of drug-likeness (QED) is 0.440. The van der Waals surface area contributed by atoms with Crippen LogP contribution in [0.2, 0.25) is 0 Å². The molecule has 5 heteroatoms. The Morgan fingerprint density at radius 2 is 2.14 bits per heavy atom. The maximum absolute atomic E-state index is 5.19. The van der Waals surface area contributed by atoms with Gasteiger partial charge in [-0.1, -0.05) is 0 Å². The molecule has 0 heterocycles. The van der Waals surface area contributed by atoms with Crippen molar-refractivity contribution in [1.29, 1.82) is 0 Å². The molecule has 0 radical (unpaired) electrons. The fraction of sp³-hybridized carbons (Fsp3) is 0.111. The summed E-state index contributed by atoms with van der Waals surface area (Å²) in [6.07, 6.45) is 1.62. The molecule has 1 rings (SSSR count). The molecular formula is C9H11N3OS. The van der Waals surface area contributed by atoms with E-state index in [1.807, 2.05) is 24.3 Å². The SMILES string of the molecule is COc1ccc(/C=N\NC(N)=S)cc1. The standard InChI is InChI=1S/C9H11N3OS/c1-13-8-4-2-7(3-5-8)6-11-12-9(10)14/h2-6H,1H3,(H3,10,12,14)/b11-6-. The van der Waals surface area contributed by atoms with Crippen molar-refractivity contribution in [2.24, 2.45) is 10.8 Å². The number of benzene rings is 1. The normalized spacial score (nSPS) is 10.1. The summed E-state index contributed by atoms with van der Waals surface area (Å²) < 4.78 is 5.01. The number of hydrogen-bond acceptors (Lipinski definition) is 3. The molecular weight excluding hydrogens is 198 g/mol. The van der Waals surface area contributed by atoms with E-state index in [1.54, 1.807) is 13.3 Å². The number of methoxy groups -OCH3 is 1. The van der Waals surface area contributed by atoms with Crippen molar-refractivity contribution in [2.45, 2.75) is 0 Å². The molecule has 0 amide bonds. The van der Waals surface area contributed by atoms with Crippen LogP contribution >= 0.6 is 12.2 Å². The van der Waals surface area contributed by atoms with Crippen molar-refractivity contribution >= 4 is 23.5 Å². The Morgan fingerprint density at radius 1 is 1.50 bits per heavy atom. The van der Waals surface area contributed by atoms with Gasteiger partial charge in [-0.05, 0) is 42.0 Å². The smallest absolute Gasteiger partial charge is 0.184 e. The van der Waals surface area contributed by atoms with Crippen LogP contribution in [-0.2, 0) is 0 Å². The summed E-state index contributed by atoms with van der Waals surface area (Å²) in [5.74, 6) is 0.810. The molecule has 0 bridgehead atoms. The molecule has 0 spiro atoms. The minimum absolute atomic E-state index is 0.148. The fourth-order valence-electron chi connectivity index (χ4n) is 0.860. The van der Waals surface area contributed by atoms with Crippen molar-refractivity contribution in [3.63, 3.8) is 0 Å². The van der Waals surface area contributed by atoms with E-state index in [2.05, 4.69) is 22.7 Å². The van der Waals surface area contributed by atoms with Crippen LogP contribution in [0.1, 0.15) is 5.56 Å². The Morgan fingerprint density at radius 3 is 2.64 bits per heavy atom. The second-order valence-electron chi connectivity index (χ2n) is 2.51. The molecule has 0 saturated carbocycles. The molecule has 1 aromatic carbocycles. The van der Waals surface area contributed by atoms with E-state index in [0.717, 1.165) is 11.3 Å². The fourth-order valence-corrected chi connectivity index (χ4v) is 0.913. The van der Waals surface area contributed by atoms with E-state index < -0.39 is 0 Å². The molecule has 4 nitrogen and oxygen atoms in total. The molecule has 0 aliphatic carbocycles. The lowest BCUT2D eigenvalue weighted by Gasteiger charge is -1.98. The molecule has 74 valence electrons. The number of ether oxygens (including phenoxy) is 1. The largest absolute Gasteiger partial charge is 0.497 e. The van der Waals surface area contributed by atoms with Crippen LogP contribution in [0.4, 0.5) is 0 Å². The zero-order valence-corrected chi connectivity index (χ0v) is 8.54. The van der Waals surface area contributed by atoms with E-state index in [9.17, 15) is 0 Å². The van der Waals surface area contributed by atoms with Gasteiger partial charge >= 0.3 is 0 Å². The van der Waals surface area contributed by atoms with Gasteiger partial charge in [0, 0.05) is 0 Å². The van der Waals surface area contributed by atoms with Crippen LogP contribution in [0.3, 0.4) is 0 Å². The summed E-state index contributed by atoms with van der Waals surface area (Å²) in [5, 5.41) is 3.96. The number of nitrogens with zero attached hydrogens (tertiary/aromatic N) is 1. The van der Waals surface area contributed by atoms with Crippen molar-refractivity contribution in [3.05, 3.63) is 29.8 Å². The van der Waals surface area contributed by atoms with Crippen LogP contribution in [-0.4, -0.2) is 18.4 Å². The number of thiocarbonyl (C=S) groups is 1. The van der Waals surface area contributed by atoms with Gasteiger partial charge in [0.05, 0.1) is 13.3 Å². The van der Waals surface area contributed by atoms with E-state index in [-0.39, 0.29) is 5.11 Å². The zero-order valence-electron chi connectivity index (χ0n) is 7.73. The highest BCUT2D eigenvalue weighted by molar-refractivity contribution is 7.80. The first kappa shape index (κ1) is 10.5. The molecule has 0 fully saturated rings. The zero-order chi connectivity index (χ0) is 10.4. The van der Waals surface area contributed by atoms with Gasteiger partial charge in [0.25, 0.3) is 0 Å². The van der Waals surface area contributed by atoms with Gasteiger partial charge in [-0.15, -0.1) is 0 Å². The van der Waals surface area contributed by atoms with Crippen molar-refractivity contribution in [3.8, 4) is 5.75 Å². The van der Waals surface area contributed by atoms with E-state index in [0.29, 0.717) is 0 Å². The average Bonchev–Trinajstić information content (AvgIpc) is 2.18. The summed E-state index contributed by atoms with van der Waals surface area (Å²) in [4.78, 5) is 0. The molecule has 0 aliphatic rings. The Kier molecular flexibility index (Phi) is 3.87. The lowest BCUT2D eigenvalue weighted by atomic mass is 10.2. The van der Waals surface area contributed by atoms with Crippen LogP contribution in [0.5, 0.6) is 5.75 Å². The first-order valence-electron chi connectivity index (χ1n) is 3.95. The maximum Gasteiger partial charge on any atom is 0.184 e. The van der Waals surface area contributed by atoms with Crippen LogP contribution in [0, 0.1) is 0 Å². The number of nitrogens with one attached hydrogen (secondary N) is 1. The number of nitrogens with two attached hydrogens (primary N) is 1. The van der Waals surface area contributed by atoms with Crippen molar-refractivity contribution < 1.29 is 4.74 Å². The van der Waals surface area contributed by atoms with Gasteiger partial charge in [0.2, 0.25) is 0 Å². The van der Waals surface area contributed by atoms with E-state index in [4.69, 9.17) is 10.5 Å². The Bertz CT molecular complexity index is 334. The second-order valence-corrected chi connectivity index (χ2v) is 2.95. The highest BCUT2D eigenvalue weighted by Gasteiger charge is 1.90. The average molecular weight is 209 g/mol. The lowest BCUT2D eigenvalue weighted by molar-refractivity contribution is 0.415. The molecule has 14 heavy (non-hydrogen) atoms. The summed E-state index contributed by atoms with van der Waals surface area (Å²) in [6.45, 7) is 0. The van der Waals surface area contributed by atoms with Crippen molar-refractivity contribution in [1.82, 2.24) is 5.43 Å². The Labute approximate surface area is 87.8 Å². The summed E-state index contributed by atoms with van der Waals surface area (Å²) >= 11 is 4.58. The predicted octanol–water partition coefficient (Wildman–Crippen LogP) is 0.862. The minimum atomic E-state index is 0.148. The van der Waals surface area contributed by atoms with Gasteiger partial charge in [-0.25, -0.2) is 0 Å². The monoisotopic (exact) mass is 209 g/mol. The van der Waals surface area contributed by atoms with Gasteiger partial charge in [-0.3, -0.25) is 5.43 Å². The van der Waals surface area contributed by atoms with Gasteiger partial charge in [-0.2, -0.15) is 5.10 Å². The number of rotatable bonds is 3. The summed E-state index contributed by atoms with van der Waals surface area (Å²) in [6, 6.07) is 7.46.